The van der Waals surface area contributed by atoms with Gasteiger partial charge in [-0.15, -0.1) is 0 Å². The van der Waals surface area contributed by atoms with E-state index >= 15 is 0 Å². The zero-order valence-electron chi connectivity index (χ0n) is 23.2. The topological polar surface area (TPSA) is 101 Å². The standard InChI is InChI=1S/C31H40N6O2/c1-21-9-10-24(17-22-7-5-3-4-6-8-22)29-27(37(20-32)31(21)39)15-16-28(35-29)33-25-13-11-23(12-14-25)30(38)34-26-18-36(2)19-26/h11-16,21-22,24,26H,3-10,17-19H2,1-2H3,(H,33,35)(H,34,38). The summed E-state index contributed by atoms with van der Waals surface area (Å²) in [4.78, 5) is 34.0. The molecule has 2 atom stereocenters. The molecule has 5 rings (SSSR count). The molecule has 2 aliphatic heterocycles. The summed E-state index contributed by atoms with van der Waals surface area (Å²) in [6.07, 6.45) is 12.5. The number of fused-ring (bicyclic) bond motifs is 1. The maximum atomic E-state index is 13.0. The van der Waals surface area contributed by atoms with E-state index in [2.05, 4.69) is 21.7 Å². The van der Waals surface area contributed by atoms with Crippen molar-refractivity contribution in [1.82, 2.24) is 15.2 Å². The van der Waals surface area contributed by atoms with Crippen molar-refractivity contribution < 1.29 is 9.59 Å². The molecule has 2 fully saturated rings. The maximum absolute atomic E-state index is 13.0. The molecule has 2 N–H and O–H groups in total. The van der Waals surface area contributed by atoms with Crippen molar-refractivity contribution in [1.29, 1.82) is 5.26 Å². The number of nitriles is 1. The van der Waals surface area contributed by atoms with Crippen molar-refractivity contribution in [2.45, 2.75) is 76.7 Å². The van der Waals surface area contributed by atoms with Gasteiger partial charge in [-0.3, -0.25) is 9.59 Å². The predicted octanol–water partition coefficient (Wildman–Crippen LogP) is 5.56. The molecule has 1 aromatic heterocycles. The maximum Gasteiger partial charge on any atom is 0.251 e. The lowest BCUT2D eigenvalue weighted by atomic mass is 9.81. The predicted molar refractivity (Wildman–Crippen MR) is 153 cm³/mol. The van der Waals surface area contributed by atoms with E-state index in [0.29, 0.717) is 23.0 Å². The fourth-order valence-corrected chi connectivity index (χ4v) is 6.32. The van der Waals surface area contributed by atoms with Crippen molar-refractivity contribution >= 4 is 29.0 Å². The van der Waals surface area contributed by atoms with E-state index < -0.39 is 0 Å². The van der Waals surface area contributed by atoms with Gasteiger partial charge in [0.2, 0.25) is 5.91 Å². The third-order valence-electron chi connectivity index (χ3n) is 8.63. The van der Waals surface area contributed by atoms with Crippen LogP contribution in [-0.4, -0.2) is 47.9 Å². The first kappa shape index (κ1) is 27.1. The Morgan fingerprint density at radius 1 is 1.03 bits per heavy atom. The van der Waals surface area contributed by atoms with Gasteiger partial charge >= 0.3 is 0 Å². The van der Waals surface area contributed by atoms with Gasteiger partial charge in [0.25, 0.3) is 5.91 Å². The smallest absolute Gasteiger partial charge is 0.251 e. The minimum Gasteiger partial charge on any atom is -0.347 e. The van der Waals surface area contributed by atoms with Crippen LogP contribution in [0.2, 0.25) is 0 Å². The number of nitrogens with one attached hydrogen (secondary N) is 2. The Kier molecular flexibility index (Phi) is 8.47. The zero-order valence-corrected chi connectivity index (χ0v) is 23.2. The molecule has 2 amide bonds. The lowest BCUT2D eigenvalue weighted by Gasteiger charge is -2.36. The molecular formula is C31H40N6O2. The number of hydrogen-bond acceptors (Lipinski definition) is 6. The highest BCUT2D eigenvalue weighted by Crippen LogP contribution is 2.41. The van der Waals surface area contributed by atoms with Crippen LogP contribution in [0.4, 0.5) is 17.2 Å². The van der Waals surface area contributed by atoms with Gasteiger partial charge < -0.3 is 15.5 Å². The molecule has 8 heteroatoms. The fraction of sp³-hybridized carbons (Fsp3) is 0.548. The van der Waals surface area contributed by atoms with Crippen molar-refractivity contribution in [3.8, 4) is 6.19 Å². The monoisotopic (exact) mass is 528 g/mol. The van der Waals surface area contributed by atoms with Crippen molar-refractivity contribution in [2.24, 2.45) is 11.8 Å². The van der Waals surface area contributed by atoms with Crippen LogP contribution in [-0.2, 0) is 4.79 Å². The van der Waals surface area contributed by atoms with Crippen molar-refractivity contribution in [2.75, 3.05) is 30.4 Å². The second-order valence-electron chi connectivity index (χ2n) is 11.7. The molecule has 2 unspecified atom stereocenters. The Labute approximate surface area is 231 Å². The van der Waals surface area contributed by atoms with Crippen LogP contribution in [0, 0.1) is 23.3 Å². The van der Waals surface area contributed by atoms with Crippen LogP contribution in [0.1, 0.15) is 86.7 Å². The van der Waals surface area contributed by atoms with Crippen LogP contribution < -0.4 is 15.5 Å². The summed E-state index contributed by atoms with van der Waals surface area (Å²) in [5.74, 6) is 1.13. The molecule has 0 spiro atoms. The fourth-order valence-electron chi connectivity index (χ4n) is 6.32. The number of carbonyl (C=O) groups is 2. The molecule has 1 saturated heterocycles. The molecular weight excluding hydrogens is 488 g/mol. The van der Waals surface area contributed by atoms with E-state index in [1.165, 1.54) is 43.4 Å². The third kappa shape index (κ3) is 6.42. The highest BCUT2D eigenvalue weighted by molar-refractivity contribution is 5.98. The molecule has 1 aromatic carbocycles. The van der Waals surface area contributed by atoms with E-state index in [0.717, 1.165) is 43.7 Å². The van der Waals surface area contributed by atoms with Crippen molar-refractivity contribution in [3.63, 3.8) is 0 Å². The molecule has 39 heavy (non-hydrogen) atoms. The van der Waals surface area contributed by atoms with Gasteiger partial charge in [-0.05, 0) is 68.6 Å². The average Bonchev–Trinajstić information content (AvgIpc) is 3.19. The number of rotatable bonds is 6. The number of pyridine rings is 1. The first-order valence-corrected chi connectivity index (χ1v) is 14.5. The Morgan fingerprint density at radius 3 is 2.41 bits per heavy atom. The van der Waals surface area contributed by atoms with Gasteiger partial charge in [-0.25, -0.2) is 9.88 Å². The van der Waals surface area contributed by atoms with Gasteiger partial charge in [-0.2, -0.15) is 5.26 Å². The Bertz CT molecular complexity index is 1210. The molecule has 1 aliphatic carbocycles. The number of anilines is 3. The van der Waals surface area contributed by atoms with E-state index in [1.807, 2.05) is 50.4 Å². The molecule has 8 nitrogen and oxygen atoms in total. The van der Waals surface area contributed by atoms with E-state index in [-0.39, 0.29) is 29.7 Å². The Morgan fingerprint density at radius 2 is 1.74 bits per heavy atom. The summed E-state index contributed by atoms with van der Waals surface area (Å²) in [7, 11) is 2.04. The second kappa shape index (κ2) is 12.2. The van der Waals surface area contributed by atoms with Crippen LogP contribution in [0.3, 0.4) is 0 Å². The number of benzene rings is 1. The van der Waals surface area contributed by atoms with E-state index in [4.69, 9.17) is 4.98 Å². The third-order valence-corrected chi connectivity index (χ3v) is 8.63. The van der Waals surface area contributed by atoms with Gasteiger partial charge in [-0.1, -0.05) is 45.4 Å². The summed E-state index contributed by atoms with van der Waals surface area (Å²) < 4.78 is 0. The summed E-state index contributed by atoms with van der Waals surface area (Å²) in [6.45, 7) is 3.69. The van der Waals surface area contributed by atoms with Crippen molar-refractivity contribution in [3.05, 3.63) is 47.7 Å². The lowest BCUT2D eigenvalue weighted by Crippen LogP contribution is -2.57. The van der Waals surface area contributed by atoms with Crippen LogP contribution in [0.15, 0.2) is 36.4 Å². The number of carbonyl (C=O) groups excluding carboxylic acids is 2. The normalized spacial score (nSPS) is 23.0. The largest absolute Gasteiger partial charge is 0.347 e. The molecule has 0 bridgehead atoms. The number of amides is 2. The van der Waals surface area contributed by atoms with E-state index in [9.17, 15) is 14.9 Å². The quantitative estimate of drug-likeness (QED) is 0.376. The number of aromatic nitrogens is 1. The van der Waals surface area contributed by atoms with E-state index in [1.54, 1.807) is 0 Å². The highest BCUT2D eigenvalue weighted by atomic mass is 16.2. The number of hydrogen-bond donors (Lipinski definition) is 2. The molecule has 0 radical (unpaired) electrons. The Balaban J connectivity index is 1.36. The second-order valence-corrected chi connectivity index (χ2v) is 11.7. The van der Waals surface area contributed by atoms with Gasteiger partial charge in [0, 0.05) is 36.2 Å². The van der Waals surface area contributed by atoms with Gasteiger partial charge in [0.15, 0.2) is 6.19 Å². The van der Waals surface area contributed by atoms with Crippen LogP contribution >= 0.6 is 0 Å². The molecule has 1 saturated carbocycles. The summed E-state index contributed by atoms with van der Waals surface area (Å²) in [5.41, 5.74) is 2.91. The number of likely N-dealkylation sites (tertiary alicyclic amines) is 1. The molecule has 206 valence electrons. The molecule has 3 aliphatic rings. The van der Waals surface area contributed by atoms with Crippen LogP contribution in [0.5, 0.6) is 0 Å². The minimum atomic E-state index is -0.187. The van der Waals surface area contributed by atoms with Gasteiger partial charge in [0.05, 0.1) is 17.4 Å². The molecule has 2 aromatic rings. The SMILES string of the molecule is CC1CCC(CC2CCCCCC2)c2nc(Nc3ccc(C(=O)NC4CN(C)C4)cc3)ccc2N(C#N)C1=O. The first-order valence-electron chi connectivity index (χ1n) is 14.5. The minimum absolute atomic E-state index is 0.0595. The van der Waals surface area contributed by atoms with Gasteiger partial charge in [0.1, 0.15) is 5.82 Å². The number of likely N-dealkylation sites (N-methyl/N-ethyl adjacent to an activating group) is 1. The highest BCUT2D eigenvalue weighted by Gasteiger charge is 2.33. The van der Waals surface area contributed by atoms with Crippen LogP contribution in [0.25, 0.3) is 0 Å². The summed E-state index contributed by atoms with van der Waals surface area (Å²) in [6, 6.07) is 11.3. The lowest BCUT2D eigenvalue weighted by molar-refractivity contribution is -0.121. The average molecular weight is 529 g/mol. The summed E-state index contributed by atoms with van der Waals surface area (Å²) in [5, 5.41) is 16.4. The molecule has 3 heterocycles. The first-order chi connectivity index (χ1) is 18.9. The summed E-state index contributed by atoms with van der Waals surface area (Å²) >= 11 is 0. The number of nitrogens with zero attached hydrogens (tertiary/aromatic N) is 4. The zero-order chi connectivity index (χ0) is 27.4. The Hall–Kier alpha value is -3.44.